The summed E-state index contributed by atoms with van der Waals surface area (Å²) in [6.45, 7) is 6.09. The van der Waals surface area contributed by atoms with E-state index in [0.29, 0.717) is 11.6 Å². The second-order valence-electron chi connectivity index (χ2n) is 4.59. The van der Waals surface area contributed by atoms with Crippen molar-refractivity contribution in [2.24, 2.45) is 4.99 Å². The number of halogens is 3. The van der Waals surface area contributed by atoms with E-state index in [4.69, 9.17) is 16.3 Å². The lowest BCUT2D eigenvalue weighted by Gasteiger charge is -2.10. The Hall–Kier alpha value is -1.10. The van der Waals surface area contributed by atoms with Gasteiger partial charge in [-0.05, 0) is 52.7 Å². The van der Waals surface area contributed by atoms with Gasteiger partial charge in [0.15, 0.2) is 0 Å². The van der Waals surface area contributed by atoms with Crippen LogP contribution in [0.2, 0.25) is 5.02 Å². The van der Waals surface area contributed by atoms with Crippen molar-refractivity contribution in [3.8, 4) is 5.75 Å². The molecular weight excluding hydrogens is 429 g/mol. The van der Waals surface area contributed by atoms with Crippen molar-refractivity contribution in [1.29, 1.82) is 0 Å². The Morgan fingerprint density at radius 1 is 1.27 bits per heavy atom. The number of aliphatic imine (C=N–C) groups is 1. The van der Waals surface area contributed by atoms with Crippen LogP contribution < -0.4 is 4.74 Å². The molecule has 0 aliphatic carbocycles. The predicted molar refractivity (Wildman–Crippen MR) is 101 cm³/mol. The van der Waals surface area contributed by atoms with Gasteiger partial charge in [-0.3, -0.25) is 4.99 Å². The van der Waals surface area contributed by atoms with Gasteiger partial charge < -0.3 is 4.74 Å². The fourth-order valence-corrected chi connectivity index (χ4v) is 3.37. The van der Waals surface area contributed by atoms with E-state index in [2.05, 4.69) is 43.4 Å². The van der Waals surface area contributed by atoms with Gasteiger partial charge in [0.25, 0.3) is 0 Å². The molecule has 0 atom stereocenters. The van der Waals surface area contributed by atoms with Gasteiger partial charge in [0.1, 0.15) is 12.4 Å². The lowest BCUT2D eigenvalue weighted by Crippen LogP contribution is -1.98. The molecule has 0 spiro atoms. The minimum atomic E-state index is 0.428. The van der Waals surface area contributed by atoms with E-state index in [9.17, 15) is 0 Å². The van der Waals surface area contributed by atoms with E-state index in [-0.39, 0.29) is 0 Å². The second kappa shape index (κ2) is 7.95. The minimum Gasteiger partial charge on any atom is -0.488 e. The van der Waals surface area contributed by atoms with Crippen LogP contribution in [0.15, 0.2) is 56.9 Å². The highest BCUT2D eigenvalue weighted by atomic mass is 79.9. The first-order valence-corrected chi connectivity index (χ1v) is 8.50. The molecule has 0 N–H and O–H groups in total. The number of aryl methyl sites for hydroxylation is 1. The lowest BCUT2D eigenvalue weighted by molar-refractivity contribution is 0.360. The molecule has 0 heterocycles. The Bertz CT molecular complexity index is 729. The summed E-state index contributed by atoms with van der Waals surface area (Å²) in [7, 11) is 0. The zero-order valence-electron chi connectivity index (χ0n) is 11.9. The molecule has 0 bridgehead atoms. The average molecular weight is 444 g/mol. The summed E-state index contributed by atoms with van der Waals surface area (Å²) in [4.78, 5) is 4.53. The molecule has 2 aromatic carbocycles. The fraction of sp³-hybridized carbons (Fsp3) is 0.118. The Morgan fingerprint density at radius 2 is 2.05 bits per heavy atom. The topological polar surface area (TPSA) is 21.6 Å². The summed E-state index contributed by atoms with van der Waals surface area (Å²) >= 11 is 13.0. The van der Waals surface area contributed by atoms with Gasteiger partial charge in [-0.2, -0.15) is 0 Å². The zero-order chi connectivity index (χ0) is 16.1. The molecule has 0 unspecified atom stereocenters. The highest BCUT2D eigenvalue weighted by molar-refractivity contribution is 9.11. The summed E-state index contributed by atoms with van der Waals surface area (Å²) < 4.78 is 7.51. The van der Waals surface area contributed by atoms with Crippen molar-refractivity contribution < 1.29 is 4.74 Å². The molecule has 0 saturated carbocycles. The van der Waals surface area contributed by atoms with Gasteiger partial charge >= 0.3 is 0 Å². The van der Waals surface area contributed by atoms with Crippen LogP contribution in [0.4, 0.5) is 5.69 Å². The van der Waals surface area contributed by atoms with Crippen LogP contribution in [-0.2, 0) is 0 Å². The number of hydrogen-bond donors (Lipinski definition) is 0. The van der Waals surface area contributed by atoms with Crippen molar-refractivity contribution in [3.63, 3.8) is 0 Å². The third-order valence-electron chi connectivity index (χ3n) is 2.90. The van der Waals surface area contributed by atoms with Gasteiger partial charge in [-0.1, -0.05) is 46.3 Å². The van der Waals surface area contributed by atoms with Crippen LogP contribution in [0.1, 0.15) is 11.1 Å². The number of benzene rings is 2. The van der Waals surface area contributed by atoms with Crippen molar-refractivity contribution in [2.45, 2.75) is 6.92 Å². The quantitative estimate of drug-likeness (QED) is 0.382. The number of ether oxygens (including phenoxy) is 1. The van der Waals surface area contributed by atoms with Crippen molar-refractivity contribution >= 4 is 55.4 Å². The molecule has 0 aromatic heterocycles. The SMILES string of the molecule is C=CCOc1c(Br)cc(Br)cc1C=Nc1cc(Cl)ccc1C. The molecule has 114 valence electrons. The maximum Gasteiger partial charge on any atom is 0.142 e. The number of rotatable bonds is 5. The minimum absolute atomic E-state index is 0.428. The second-order valence-corrected chi connectivity index (χ2v) is 6.80. The van der Waals surface area contributed by atoms with Crippen LogP contribution >= 0.6 is 43.5 Å². The third-order valence-corrected chi connectivity index (χ3v) is 4.18. The van der Waals surface area contributed by atoms with Gasteiger partial charge in [0.2, 0.25) is 0 Å². The molecule has 0 aliphatic rings. The molecular formula is C17H14Br2ClNO. The van der Waals surface area contributed by atoms with Crippen LogP contribution in [-0.4, -0.2) is 12.8 Å². The highest BCUT2D eigenvalue weighted by Gasteiger charge is 2.09. The molecule has 2 aromatic rings. The molecule has 2 rings (SSSR count). The van der Waals surface area contributed by atoms with E-state index < -0.39 is 0 Å². The van der Waals surface area contributed by atoms with E-state index >= 15 is 0 Å². The van der Waals surface area contributed by atoms with Gasteiger partial charge in [0.05, 0.1) is 10.2 Å². The Morgan fingerprint density at radius 3 is 2.77 bits per heavy atom. The molecule has 2 nitrogen and oxygen atoms in total. The first-order valence-electron chi connectivity index (χ1n) is 6.54. The van der Waals surface area contributed by atoms with Crippen molar-refractivity contribution in [2.75, 3.05) is 6.61 Å². The summed E-state index contributed by atoms with van der Waals surface area (Å²) in [5.41, 5.74) is 2.75. The van der Waals surface area contributed by atoms with Crippen LogP contribution in [0.25, 0.3) is 0 Å². The van der Waals surface area contributed by atoms with Gasteiger partial charge in [-0.15, -0.1) is 0 Å². The molecule has 0 radical (unpaired) electrons. The smallest absolute Gasteiger partial charge is 0.142 e. The van der Waals surface area contributed by atoms with E-state index in [1.54, 1.807) is 12.3 Å². The normalized spacial score (nSPS) is 10.9. The number of nitrogens with zero attached hydrogens (tertiary/aromatic N) is 1. The summed E-state index contributed by atoms with van der Waals surface area (Å²) in [6, 6.07) is 9.52. The van der Waals surface area contributed by atoms with E-state index in [0.717, 1.165) is 31.5 Å². The molecule has 5 heteroatoms. The Kier molecular flexibility index (Phi) is 6.24. The standard InChI is InChI=1S/C17H14Br2ClNO/c1-3-6-22-17-12(7-13(18)8-15(17)19)10-21-16-9-14(20)5-4-11(16)2/h3-5,7-10H,1,6H2,2H3. The maximum absolute atomic E-state index is 6.02. The van der Waals surface area contributed by atoms with Crippen LogP contribution in [0, 0.1) is 6.92 Å². The molecule has 0 amide bonds. The monoisotopic (exact) mass is 441 g/mol. The van der Waals surface area contributed by atoms with Crippen molar-refractivity contribution in [3.05, 3.63) is 68.1 Å². The van der Waals surface area contributed by atoms with E-state index in [1.807, 2.05) is 37.3 Å². The highest BCUT2D eigenvalue weighted by Crippen LogP contribution is 2.33. The summed E-state index contributed by atoms with van der Waals surface area (Å²) in [6.07, 6.45) is 3.48. The maximum atomic E-state index is 6.02. The summed E-state index contributed by atoms with van der Waals surface area (Å²) in [5.74, 6) is 0.728. The first kappa shape index (κ1) is 17.3. The predicted octanol–water partition coefficient (Wildman–Crippen LogP) is 6.49. The van der Waals surface area contributed by atoms with Crippen LogP contribution in [0.5, 0.6) is 5.75 Å². The first-order chi connectivity index (χ1) is 10.5. The van der Waals surface area contributed by atoms with Gasteiger partial charge in [-0.25, -0.2) is 0 Å². The average Bonchev–Trinajstić information content (AvgIpc) is 2.47. The third kappa shape index (κ3) is 4.45. The lowest BCUT2D eigenvalue weighted by atomic mass is 10.2. The Balaban J connectivity index is 2.41. The Labute approximate surface area is 152 Å². The molecule has 0 aliphatic heterocycles. The molecule has 0 fully saturated rings. The van der Waals surface area contributed by atoms with E-state index in [1.165, 1.54) is 0 Å². The summed E-state index contributed by atoms with van der Waals surface area (Å²) in [5, 5.41) is 0.663. The van der Waals surface area contributed by atoms with Crippen molar-refractivity contribution in [1.82, 2.24) is 0 Å². The molecule has 22 heavy (non-hydrogen) atoms. The number of hydrogen-bond acceptors (Lipinski definition) is 2. The largest absolute Gasteiger partial charge is 0.488 e. The van der Waals surface area contributed by atoms with Gasteiger partial charge in [0, 0.05) is 21.3 Å². The fourth-order valence-electron chi connectivity index (χ4n) is 1.83. The molecule has 0 saturated heterocycles. The zero-order valence-corrected chi connectivity index (χ0v) is 15.9. The van der Waals surface area contributed by atoms with Crippen LogP contribution in [0.3, 0.4) is 0 Å².